The summed E-state index contributed by atoms with van der Waals surface area (Å²) in [5.74, 6) is -3.09. The summed E-state index contributed by atoms with van der Waals surface area (Å²) in [4.78, 5) is 18.8. The second-order valence-corrected chi connectivity index (χ2v) is 7.25. The van der Waals surface area contributed by atoms with Crippen LogP contribution in [-0.2, 0) is 4.74 Å². The monoisotopic (exact) mass is 447 g/mol. The van der Waals surface area contributed by atoms with E-state index >= 15 is 0 Å². The fourth-order valence-corrected chi connectivity index (χ4v) is 3.53. The number of carbonyl (C=O) groups is 1. The van der Waals surface area contributed by atoms with E-state index in [-0.39, 0.29) is 29.0 Å². The summed E-state index contributed by atoms with van der Waals surface area (Å²) in [6, 6.07) is 3.91. The molecule has 10 heteroatoms. The smallest absolute Gasteiger partial charge is 0.381 e. The second kappa shape index (κ2) is 10.7. The molecule has 1 aromatic carbocycles. The van der Waals surface area contributed by atoms with Crippen LogP contribution in [0.1, 0.15) is 30.1 Å². The van der Waals surface area contributed by atoms with Crippen LogP contribution in [0.3, 0.4) is 0 Å². The fraction of sp³-hybridized carbons (Fsp3) is 0.450. The number of amides is 1. The molecule has 1 aromatic rings. The van der Waals surface area contributed by atoms with Crippen LogP contribution in [0.5, 0.6) is 0 Å². The maximum absolute atomic E-state index is 14.0. The van der Waals surface area contributed by atoms with Gasteiger partial charge in [-0.05, 0) is 50.1 Å². The third kappa shape index (κ3) is 6.37. The van der Waals surface area contributed by atoms with Crippen molar-refractivity contribution in [1.29, 1.82) is 0 Å². The van der Waals surface area contributed by atoms with E-state index in [0.29, 0.717) is 31.6 Å². The van der Waals surface area contributed by atoms with Crippen LogP contribution in [0.15, 0.2) is 40.0 Å². The molecule has 1 unspecified atom stereocenters. The quantitative estimate of drug-likeness (QED) is 0.386. The minimum atomic E-state index is -4.72. The molecule has 1 aliphatic heterocycles. The molecule has 0 radical (unpaired) electrons. The normalized spacial score (nSPS) is 17.5. The minimum Gasteiger partial charge on any atom is -0.381 e. The first kappa shape index (κ1) is 24.0. The van der Waals surface area contributed by atoms with E-state index in [1.54, 1.807) is 6.92 Å². The van der Waals surface area contributed by atoms with Gasteiger partial charge in [-0.1, -0.05) is 17.7 Å². The number of carbonyl (C=O) groups excluding carboxylic acids is 1. The Kier molecular flexibility index (Phi) is 8.54. The predicted molar refractivity (Wildman–Crippen MR) is 108 cm³/mol. The number of alkyl halides is 3. The van der Waals surface area contributed by atoms with Gasteiger partial charge < -0.3 is 10.1 Å². The largest absolute Gasteiger partial charge is 0.451 e. The van der Waals surface area contributed by atoms with Crippen LogP contribution >= 0.6 is 11.6 Å². The molecule has 1 aliphatic rings. The van der Waals surface area contributed by atoms with Gasteiger partial charge in [-0.2, -0.15) is 13.2 Å². The summed E-state index contributed by atoms with van der Waals surface area (Å²) in [5.41, 5.74) is 0.243. The second-order valence-electron chi connectivity index (χ2n) is 6.84. The molecule has 0 aliphatic carbocycles. The fourth-order valence-electron chi connectivity index (χ4n) is 3.29. The Morgan fingerprint density at radius 1 is 1.40 bits per heavy atom. The van der Waals surface area contributed by atoms with Crippen LogP contribution in [0, 0.1) is 17.7 Å². The zero-order chi connectivity index (χ0) is 22.3. The number of aliphatic imine (C=N–C) groups is 2. The summed E-state index contributed by atoms with van der Waals surface area (Å²) >= 11 is 5.92. The van der Waals surface area contributed by atoms with Crippen molar-refractivity contribution in [3.8, 4) is 0 Å². The summed E-state index contributed by atoms with van der Waals surface area (Å²) in [6.07, 6.45) is -2.30. The predicted octanol–water partition coefficient (Wildman–Crippen LogP) is 4.82. The van der Waals surface area contributed by atoms with E-state index in [2.05, 4.69) is 22.0 Å². The molecule has 0 bridgehead atoms. The van der Waals surface area contributed by atoms with Crippen molar-refractivity contribution < 1.29 is 27.1 Å². The first-order valence-electron chi connectivity index (χ1n) is 9.23. The Labute approximate surface area is 176 Å². The van der Waals surface area contributed by atoms with E-state index in [0.717, 1.165) is 12.3 Å². The van der Waals surface area contributed by atoms with Gasteiger partial charge in [0.25, 0.3) is 5.91 Å². The van der Waals surface area contributed by atoms with Crippen LogP contribution in [-0.4, -0.2) is 44.4 Å². The van der Waals surface area contributed by atoms with Crippen molar-refractivity contribution in [2.45, 2.75) is 25.9 Å². The molecule has 5 nitrogen and oxygen atoms in total. The molecule has 1 atom stereocenters. The SMILES string of the molecule is C=N/C(=N\C=C(/C)C(CNC(=O)c1c(F)cccc1Cl)C1CCOCC1)C(F)(F)F. The van der Waals surface area contributed by atoms with Crippen LogP contribution < -0.4 is 5.32 Å². The van der Waals surface area contributed by atoms with Crippen LogP contribution in [0.4, 0.5) is 17.6 Å². The highest BCUT2D eigenvalue weighted by Crippen LogP contribution is 2.30. The molecular weight excluding hydrogens is 426 g/mol. The molecule has 164 valence electrons. The molecule has 1 saturated heterocycles. The van der Waals surface area contributed by atoms with Gasteiger partial charge in [0.15, 0.2) is 0 Å². The summed E-state index contributed by atoms with van der Waals surface area (Å²) in [7, 11) is 0. The van der Waals surface area contributed by atoms with E-state index in [1.807, 2.05) is 0 Å². The highest BCUT2D eigenvalue weighted by molar-refractivity contribution is 6.33. The number of nitrogens with zero attached hydrogens (tertiary/aromatic N) is 2. The molecule has 0 aromatic heterocycles. The van der Waals surface area contributed by atoms with Crippen molar-refractivity contribution in [3.05, 3.63) is 46.4 Å². The van der Waals surface area contributed by atoms with E-state index in [4.69, 9.17) is 16.3 Å². The third-order valence-electron chi connectivity index (χ3n) is 4.89. The lowest BCUT2D eigenvalue weighted by Gasteiger charge is -2.31. The Morgan fingerprint density at radius 2 is 2.07 bits per heavy atom. The average molecular weight is 448 g/mol. The van der Waals surface area contributed by atoms with Gasteiger partial charge in [-0.3, -0.25) is 4.79 Å². The van der Waals surface area contributed by atoms with Gasteiger partial charge in [-0.25, -0.2) is 14.4 Å². The average Bonchev–Trinajstić information content (AvgIpc) is 2.68. The minimum absolute atomic E-state index is 0.0288. The zero-order valence-electron chi connectivity index (χ0n) is 16.3. The maximum atomic E-state index is 14.0. The highest BCUT2D eigenvalue weighted by Gasteiger charge is 2.35. The van der Waals surface area contributed by atoms with Gasteiger partial charge in [-0.15, -0.1) is 0 Å². The number of rotatable bonds is 6. The van der Waals surface area contributed by atoms with Gasteiger partial charge >= 0.3 is 6.18 Å². The lowest BCUT2D eigenvalue weighted by Crippen LogP contribution is -2.36. The molecule has 0 spiro atoms. The number of ether oxygens (including phenoxy) is 1. The van der Waals surface area contributed by atoms with E-state index in [1.165, 1.54) is 12.1 Å². The number of hydrogen-bond donors (Lipinski definition) is 1. The number of amidine groups is 1. The van der Waals surface area contributed by atoms with Crippen molar-refractivity contribution >= 4 is 30.1 Å². The molecule has 1 N–H and O–H groups in total. The number of nitrogens with one attached hydrogen (secondary N) is 1. The van der Waals surface area contributed by atoms with Gasteiger partial charge in [0.1, 0.15) is 5.82 Å². The topological polar surface area (TPSA) is 63.0 Å². The first-order chi connectivity index (χ1) is 14.1. The molecule has 1 heterocycles. The van der Waals surface area contributed by atoms with Crippen molar-refractivity contribution in [2.24, 2.45) is 21.8 Å². The Hall–Kier alpha value is -2.26. The van der Waals surface area contributed by atoms with Gasteiger partial charge in [0, 0.05) is 31.9 Å². The standard InChI is InChI=1S/C20H22ClF4N3O2/c1-12(10-28-19(26-2)20(23,24)25)14(13-6-8-30-9-7-13)11-27-18(29)17-15(21)4-3-5-16(17)22/h3-5,10,13-14H,2,6-9,11H2,1H3,(H,27,29)/b12-10+,28-19-. The van der Waals surface area contributed by atoms with Crippen LogP contribution in [0.2, 0.25) is 5.02 Å². The van der Waals surface area contributed by atoms with Crippen molar-refractivity contribution in [2.75, 3.05) is 19.8 Å². The Morgan fingerprint density at radius 3 is 2.63 bits per heavy atom. The lowest BCUT2D eigenvalue weighted by atomic mass is 9.81. The molecule has 30 heavy (non-hydrogen) atoms. The van der Waals surface area contributed by atoms with E-state index < -0.39 is 23.7 Å². The number of hydrogen-bond acceptors (Lipinski definition) is 3. The number of benzene rings is 1. The maximum Gasteiger partial charge on any atom is 0.451 e. The molecule has 1 fully saturated rings. The first-order valence-corrected chi connectivity index (χ1v) is 9.61. The summed E-state index contributed by atoms with van der Waals surface area (Å²) < 4.78 is 57.8. The summed E-state index contributed by atoms with van der Waals surface area (Å²) in [5, 5.41) is 2.61. The third-order valence-corrected chi connectivity index (χ3v) is 5.20. The molecule has 2 rings (SSSR count). The molecule has 0 saturated carbocycles. The summed E-state index contributed by atoms with van der Waals surface area (Å²) in [6.45, 7) is 5.62. The molecule has 1 amide bonds. The lowest BCUT2D eigenvalue weighted by molar-refractivity contribution is -0.0596. The van der Waals surface area contributed by atoms with Crippen LogP contribution in [0.25, 0.3) is 0 Å². The van der Waals surface area contributed by atoms with Crippen molar-refractivity contribution in [1.82, 2.24) is 5.32 Å². The van der Waals surface area contributed by atoms with Gasteiger partial charge in [0.2, 0.25) is 5.84 Å². The molecular formula is C20H22ClF4N3O2. The highest BCUT2D eigenvalue weighted by atomic mass is 35.5. The zero-order valence-corrected chi connectivity index (χ0v) is 17.1. The number of halogens is 5. The Bertz CT molecular complexity index is 814. The Balaban J connectivity index is 2.23. The van der Waals surface area contributed by atoms with E-state index in [9.17, 15) is 22.4 Å². The van der Waals surface area contributed by atoms with Crippen molar-refractivity contribution in [3.63, 3.8) is 0 Å². The van der Waals surface area contributed by atoms with Gasteiger partial charge in [0.05, 0.1) is 10.6 Å².